The van der Waals surface area contributed by atoms with Gasteiger partial charge >= 0.3 is 0 Å². The number of likely N-dealkylation sites (tertiary alicyclic amines) is 1. The number of amides is 1. The molecule has 3 N–H and O–H groups in total. The summed E-state index contributed by atoms with van der Waals surface area (Å²) < 4.78 is 20.4. The van der Waals surface area contributed by atoms with Crippen molar-refractivity contribution >= 4 is 5.91 Å². The van der Waals surface area contributed by atoms with Gasteiger partial charge in [-0.25, -0.2) is 15.2 Å². The SMILES string of the molecule is Cc1ccc(O)c(C2NNC3C(=O)N(Cc4ccco4)C(c4ccccc4F)C32)c1. The molecule has 4 unspecified atom stereocenters. The Labute approximate surface area is 173 Å². The summed E-state index contributed by atoms with van der Waals surface area (Å²) in [5, 5.41) is 10.5. The van der Waals surface area contributed by atoms with Crippen molar-refractivity contribution in [2.24, 2.45) is 5.92 Å². The van der Waals surface area contributed by atoms with Crippen LogP contribution >= 0.6 is 0 Å². The number of phenolic OH excluding ortho intramolecular Hbond substituents is 1. The van der Waals surface area contributed by atoms with Gasteiger partial charge in [-0.15, -0.1) is 0 Å². The smallest absolute Gasteiger partial charge is 0.242 e. The van der Waals surface area contributed by atoms with Crippen molar-refractivity contribution in [1.29, 1.82) is 0 Å². The maximum atomic E-state index is 14.9. The van der Waals surface area contributed by atoms with Gasteiger partial charge in [0.1, 0.15) is 23.4 Å². The van der Waals surface area contributed by atoms with Gasteiger partial charge in [0.05, 0.1) is 24.9 Å². The van der Waals surface area contributed by atoms with E-state index in [-0.39, 0.29) is 36.0 Å². The Morgan fingerprint density at radius 2 is 1.87 bits per heavy atom. The van der Waals surface area contributed by atoms with E-state index in [9.17, 15) is 14.3 Å². The molecule has 0 saturated carbocycles. The van der Waals surface area contributed by atoms with E-state index in [4.69, 9.17) is 4.42 Å². The molecule has 2 aliphatic rings. The molecular formula is C23H22FN3O3. The molecule has 0 bridgehead atoms. The van der Waals surface area contributed by atoms with Crippen molar-refractivity contribution in [3.05, 3.63) is 89.1 Å². The lowest BCUT2D eigenvalue weighted by atomic mass is 9.82. The minimum Gasteiger partial charge on any atom is -0.508 e. The Bertz CT molecular complexity index is 1090. The first-order chi connectivity index (χ1) is 14.5. The molecule has 0 radical (unpaired) electrons. The number of hydrogen-bond donors (Lipinski definition) is 3. The summed E-state index contributed by atoms with van der Waals surface area (Å²) in [6.45, 7) is 2.19. The lowest BCUT2D eigenvalue weighted by Crippen LogP contribution is -2.41. The van der Waals surface area contributed by atoms with E-state index >= 15 is 0 Å². The van der Waals surface area contributed by atoms with Crippen LogP contribution in [0.5, 0.6) is 5.75 Å². The van der Waals surface area contributed by atoms with Crippen molar-refractivity contribution in [3.63, 3.8) is 0 Å². The highest BCUT2D eigenvalue weighted by atomic mass is 19.1. The summed E-state index contributed by atoms with van der Waals surface area (Å²) in [5.41, 5.74) is 8.38. The second kappa shape index (κ2) is 7.27. The summed E-state index contributed by atoms with van der Waals surface area (Å²) in [5.74, 6) is -0.0410. The molecule has 5 rings (SSSR count). The van der Waals surface area contributed by atoms with Gasteiger partial charge in [-0.05, 0) is 31.2 Å². The number of nitrogens with one attached hydrogen (secondary N) is 2. The zero-order valence-electron chi connectivity index (χ0n) is 16.4. The van der Waals surface area contributed by atoms with Crippen LogP contribution in [0, 0.1) is 18.7 Å². The maximum Gasteiger partial charge on any atom is 0.242 e. The van der Waals surface area contributed by atoms with Gasteiger partial charge in [-0.3, -0.25) is 4.79 Å². The van der Waals surface area contributed by atoms with Gasteiger partial charge in [0, 0.05) is 17.0 Å². The lowest BCUT2D eigenvalue weighted by molar-refractivity contribution is -0.131. The number of hydrogen-bond acceptors (Lipinski definition) is 5. The monoisotopic (exact) mass is 407 g/mol. The summed E-state index contributed by atoms with van der Waals surface area (Å²) in [4.78, 5) is 15.0. The first-order valence-electron chi connectivity index (χ1n) is 9.92. The number of nitrogens with zero attached hydrogens (tertiary/aromatic N) is 1. The zero-order valence-corrected chi connectivity index (χ0v) is 16.4. The average molecular weight is 407 g/mol. The van der Waals surface area contributed by atoms with E-state index in [0.717, 1.165) is 5.56 Å². The van der Waals surface area contributed by atoms with Crippen LogP contribution in [0.2, 0.25) is 0 Å². The Kier molecular flexibility index (Phi) is 4.56. The fourth-order valence-electron chi connectivity index (χ4n) is 4.72. The van der Waals surface area contributed by atoms with E-state index in [2.05, 4.69) is 10.9 Å². The third-order valence-corrected chi connectivity index (χ3v) is 6.06. The van der Waals surface area contributed by atoms with E-state index in [1.807, 2.05) is 19.1 Å². The Hall–Kier alpha value is -3.16. The van der Waals surface area contributed by atoms with Gasteiger partial charge in [0.15, 0.2) is 0 Å². The predicted octanol–water partition coefficient (Wildman–Crippen LogP) is 3.35. The fraction of sp³-hybridized carbons (Fsp3) is 0.261. The quantitative estimate of drug-likeness (QED) is 0.618. The number of phenols is 1. The molecule has 2 aromatic carbocycles. The van der Waals surface area contributed by atoms with Crippen LogP contribution in [0.25, 0.3) is 0 Å². The van der Waals surface area contributed by atoms with E-state index in [1.54, 1.807) is 47.6 Å². The Balaban J connectivity index is 1.61. The van der Waals surface area contributed by atoms with Crippen molar-refractivity contribution in [1.82, 2.24) is 15.8 Å². The minimum absolute atomic E-state index is 0.133. The highest BCUT2D eigenvalue weighted by molar-refractivity contribution is 5.86. The van der Waals surface area contributed by atoms with Gasteiger partial charge in [0.25, 0.3) is 0 Å². The number of carbonyl (C=O) groups is 1. The molecule has 2 aliphatic heterocycles. The van der Waals surface area contributed by atoms with Crippen molar-refractivity contribution < 1.29 is 18.7 Å². The first kappa shape index (κ1) is 18.8. The number of benzene rings is 2. The number of aromatic hydroxyl groups is 1. The highest BCUT2D eigenvalue weighted by Gasteiger charge is 2.56. The standard InChI is InChI=1S/C23H22FN3O3/c1-13-8-9-18(28)16(11-13)20-19-21(26-25-20)23(29)27(12-14-5-4-10-30-14)22(19)15-6-2-3-7-17(15)24/h2-11,19-22,25-26,28H,12H2,1H3. The Morgan fingerprint density at radius 1 is 1.07 bits per heavy atom. The van der Waals surface area contributed by atoms with Crippen molar-refractivity contribution in [2.75, 3.05) is 0 Å². The summed E-state index contributed by atoms with van der Waals surface area (Å²) in [6.07, 6.45) is 1.56. The molecule has 7 heteroatoms. The van der Waals surface area contributed by atoms with E-state index in [1.165, 1.54) is 6.07 Å². The highest BCUT2D eigenvalue weighted by Crippen LogP contribution is 2.49. The van der Waals surface area contributed by atoms with Crippen LogP contribution < -0.4 is 10.9 Å². The van der Waals surface area contributed by atoms with Gasteiger partial charge in [-0.2, -0.15) is 0 Å². The van der Waals surface area contributed by atoms with Crippen LogP contribution in [0.4, 0.5) is 4.39 Å². The number of carbonyl (C=O) groups excluding carboxylic acids is 1. The van der Waals surface area contributed by atoms with Crippen LogP contribution in [-0.2, 0) is 11.3 Å². The number of furan rings is 1. The topological polar surface area (TPSA) is 77.7 Å². The molecule has 0 spiro atoms. The van der Waals surface area contributed by atoms with Gasteiger partial charge in [-0.1, -0.05) is 35.9 Å². The van der Waals surface area contributed by atoms with Crippen LogP contribution in [0.3, 0.4) is 0 Å². The molecule has 154 valence electrons. The van der Waals surface area contributed by atoms with Gasteiger partial charge in [0.2, 0.25) is 5.91 Å². The number of hydrazine groups is 1. The number of fused-ring (bicyclic) bond motifs is 1. The molecule has 3 aromatic rings. The molecule has 30 heavy (non-hydrogen) atoms. The molecule has 3 heterocycles. The Morgan fingerprint density at radius 3 is 2.63 bits per heavy atom. The number of halogens is 1. The van der Waals surface area contributed by atoms with Crippen molar-refractivity contribution in [2.45, 2.75) is 31.6 Å². The van der Waals surface area contributed by atoms with Crippen LogP contribution in [0.1, 0.15) is 34.5 Å². The lowest BCUT2D eigenvalue weighted by Gasteiger charge is -2.31. The third-order valence-electron chi connectivity index (χ3n) is 6.06. The van der Waals surface area contributed by atoms with E-state index < -0.39 is 12.1 Å². The van der Waals surface area contributed by atoms with Crippen LogP contribution in [0.15, 0.2) is 65.3 Å². The van der Waals surface area contributed by atoms with Gasteiger partial charge < -0.3 is 14.4 Å². The third kappa shape index (κ3) is 2.98. The van der Waals surface area contributed by atoms with Crippen molar-refractivity contribution in [3.8, 4) is 5.75 Å². The number of rotatable bonds is 4. The summed E-state index contributed by atoms with van der Waals surface area (Å²) >= 11 is 0. The summed E-state index contributed by atoms with van der Waals surface area (Å²) in [7, 11) is 0. The molecular weight excluding hydrogens is 385 g/mol. The van der Waals surface area contributed by atoms with Crippen LogP contribution in [-0.4, -0.2) is 22.0 Å². The molecule has 4 atom stereocenters. The average Bonchev–Trinajstić information content (AvgIpc) is 3.45. The molecule has 2 fully saturated rings. The molecule has 0 aliphatic carbocycles. The molecule has 6 nitrogen and oxygen atoms in total. The minimum atomic E-state index is -0.547. The maximum absolute atomic E-state index is 14.9. The zero-order chi connectivity index (χ0) is 20.8. The molecule has 1 amide bonds. The normalized spacial score (nSPS) is 25.7. The fourth-order valence-corrected chi connectivity index (χ4v) is 4.72. The molecule has 2 saturated heterocycles. The second-order valence-electron chi connectivity index (χ2n) is 7.90. The second-order valence-corrected chi connectivity index (χ2v) is 7.90. The van der Waals surface area contributed by atoms with E-state index in [0.29, 0.717) is 16.9 Å². The number of aryl methyl sites for hydroxylation is 1. The molecule has 1 aromatic heterocycles. The largest absolute Gasteiger partial charge is 0.508 e. The predicted molar refractivity (Wildman–Crippen MR) is 108 cm³/mol. The summed E-state index contributed by atoms with van der Waals surface area (Å²) in [6, 6.07) is 14.0. The first-order valence-corrected chi connectivity index (χ1v) is 9.92.